The zero-order chi connectivity index (χ0) is 17.8. The summed E-state index contributed by atoms with van der Waals surface area (Å²) in [5, 5.41) is 0. The van der Waals surface area contributed by atoms with Crippen molar-refractivity contribution in [3.63, 3.8) is 0 Å². The van der Waals surface area contributed by atoms with Gasteiger partial charge in [0.15, 0.2) is 0 Å². The standard InChI is InChI=1S/C20H25N5O/c26-20(19-15-21-8-9-22-19)25-10-4-7-18(16-25)24-13-11-23(12-14-24)17-5-2-1-3-6-17/h1-3,5-6,8-9,15,18H,4,7,10-14,16H2/t18-/m0/s1. The summed E-state index contributed by atoms with van der Waals surface area (Å²) in [7, 11) is 0. The predicted molar refractivity (Wildman–Crippen MR) is 101 cm³/mol. The van der Waals surface area contributed by atoms with Crippen molar-refractivity contribution < 1.29 is 4.79 Å². The molecule has 136 valence electrons. The maximum atomic E-state index is 12.7. The van der Waals surface area contributed by atoms with Crippen LogP contribution in [0.25, 0.3) is 0 Å². The molecule has 1 aromatic heterocycles. The van der Waals surface area contributed by atoms with Gasteiger partial charge >= 0.3 is 0 Å². The van der Waals surface area contributed by atoms with Crippen LogP contribution in [0.15, 0.2) is 48.9 Å². The lowest BCUT2D eigenvalue weighted by atomic mass is 10.0. The molecule has 1 aromatic carbocycles. The Hall–Kier alpha value is -2.47. The minimum absolute atomic E-state index is 0.00530. The number of rotatable bonds is 3. The van der Waals surface area contributed by atoms with E-state index in [2.05, 4.69) is 50.1 Å². The zero-order valence-corrected chi connectivity index (χ0v) is 15.0. The molecular formula is C20H25N5O. The third kappa shape index (κ3) is 3.70. The Morgan fingerprint density at radius 2 is 1.81 bits per heavy atom. The normalized spacial score (nSPS) is 21.6. The van der Waals surface area contributed by atoms with Gasteiger partial charge in [-0.2, -0.15) is 0 Å². The molecule has 2 aliphatic rings. The van der Waals surface area contributed by atoms with Gasteiger partial charge in [-0.1, -0.05) is 18.2 Å². The highest BCUT2D eigenvalue weighted by Crippen LogP contribution is 2.21. The maximum Gasteiger partial charge on any atom is 0.274 e. The average Bonchev–Trinajstić information content (AvgIpc) is 2.75. The number of nitrogens with zero attached hydrogens (tertiary/aromatic N) is 5. The summed E-state index contributed by atoms with van der Waals surface area (Å²) in [6.45, 7) is 5.79. The first-order valence-corrected chi connectivity index (χ1v) is 9.40. The van der Waals surface area contributed by atoms with E-state index >= 15 is 0 Å². The molecule has 6 nitrogen and oxygen atoms in total. The molecule has 0 unspecified atom stereocenters. The summed E-state index contributed by atoms with van der Waals surface area (Å²) < 4.78 is 0. The average molecular weight is 351 g/mol. The molecule has 0 N–H and O–H groups in total. The van der Waals surface area contributed by atoms with Crippen LogP contribution in [0, 0.1) is 0 Å². The van der Waals surface area contributed by atoms with Crippen molar-refractivity contribution in [2.24, 2.45) is 0 Å². The van der Waals surface area contributed by atoms with Gasteiger partial charge in [-0.05, 0) is 25.0 Å². The molecule has 2 aliphatic heterocycles. The summed E-state index contributed by atoms with van der Waals surface area (Å²) in [6, 6.07) is 11.1. The molecule has 2 aromatic rings. The topological polar surface area (TPSA) is 52.6 Å². The summed E-state index contributed by atoms with van der Waals surface area (Å²) in [4.78, 5) is 27.8. The minimum Gasteiger partial charge on any atom is -0.369 e. The number of piperazine rings is 1. The fourth-order valence-electron chi connectivity index (χ4n) is 3.99. The lowest BCUT2D eigenvalue weighted by molar-refractivity contribution is 0.0558. The number of carbonyl (C=O) groups is 1. The molecule has 6 heteroatoms. The Morgan fingerprint density at radius 1 is 1.00 bits per heavy atom. The van der Waals surface area contributed by atoms with Crippen molar-refractivity contribution in [1.29, 1.82) is 0 Å². The Bertz CT molecular complexity index is 715. The quantitative estimate of drug-likeness (QED) is 0.845. The number of hydrogen-bond acceptors (Lipinski definition) is 5. The largest absolute Gasteiger partial charge is 0.369 e. The molecule has 2 saturated heterocycles. The molecule has 1 atom stereocenters. The third-order valence-electron chi connectivity index (χ3n) is 5.42. The van der Waals surface area contributed by atoms with Crippen molar-refractivity contribution in [2.45, 2.75) is 18.9 Å². The van der Waals surface area contributed by atoms with E-state index in [1.54, 1.807) is 18.6 Å². The van der Waals surface area contributed by atoms with Crippen molar-refractivity contribution in [1.82, 2.24) is 19.8 Å². The number of piperidine rings is 1. The van der Waals surface area contributed by atoms with Gasteiger partial charge in [-0.15, -0.1) is 0 Å². The predicted octanol–water partition coefficient (Wildman–Crippen LogP) is 1.90. The van der Waals surface area contributed by atoms with Gasteiger partial charge in [0.05, 0.1) is 6.20 Å². The van der Waals surface area contributed by atoms with Gasteiger partial charge in [-0.25, -0.2) is 4.98 Å². The highest BCUT2D eigenvalue weighted by atomic mass is 16.2. The third-order valence-corrected chi connectivity index (χ3v) is 5.42. The van der Waals surface area contributed by atoms with Crippen LogP contribution in [0.1, 0.15) is 23.3 Å². The first-order chi connectivity index (χ1) is 12.8. The zero-order valence-electron chi connectivity index (χ0n) is 15.0. The van der Waals surface area contributed by atoms with E-state index in [9.17, 15) is 4.79 Å². The van der Waals surface area contributed by atoms with Crippen LogP contribution in [0.5, 0.6) is 0 Å². The Morgan fingerprint density at radius 3 is 2.54 bits per heavy atom. The number of likely N-dealkylation sites (tertiary alicyclic amines) is 1. The number of hydrogen-bond donors (Lipinski definition) is 0. The van der Waals surface area contributed by atoms with Crippen molar-refractivity contribution in [2.75, 3.05) is 44.2 Å². The van der Waals surface area contributed by atoms with Crippen LogP contribution >= 0.6 is 0 Å². The van der Waals surface area contributed by atoms with E-state index in [1.165, 1.54) is 5.69 Å². The molecule has 0 saturated carbocycles. The molecule has 4 rings (SSSR count). The van der Waals surface area contributed by atoms with Gasteiger partial charge in [-0.3, -0.25) is 14.7 Å². The van der Waals surface area contributed by atoms with E-state index in [0.717, 1.165) is 52.1 Å². The van der Waals surface area contributed by atoms with Crippen molar-refractivity contribution in [3.8, 4) is 0 Å². The Balaban J connectivity index is 1.35. The second-order valence-electron chi connectivity index (χ2n) is 7.00. The van der Waals surface area contributed by atoms with E-state index < -0.39 is 0 Å². The summed E-state index contributed by atoms with van der Waals surface area (Å²) in [5.41, 5.74) is 1.75. The molecule has 3 heterocycles. The second-order valence-corrected chi connectivity index (χ2v) is 7.00. The minimum atomic E-state index is 0.00530. The summed E-state index contributed by atoms with van der Waals surface area (Å²) in [6.07, 6.45) is 6.95. The summed E-state index contributed by atoms with van der Waals surface area (Å²) >= 11 is 0. The van der Waals surface area contributed by atoms with Crippen molar-refractivity contribution in [3.05, 3.63) is 54.6 Å². The van der Waals surface area contributed by atoms with Crippen LogP contribution in [0.4, 0.5) is 5.69 Å². The lowest BCUT2D eigenvalue weighted by Crippen LogP contribution is -2.56. The van der Waals surface area contributed by atoms with E-state index in [1.807, 2.05) is 4.90 Å². The number of carbonyl (C=O) groups excluding carboxylic acids is 1. The molecule has 0 bridgehead atoms. The highest BCUT2D eigenvalue weighted by molar-refractivity contribution is 5.92. The summed E-state index contributed by atoms with van der Waals surface area (Å²) in [5.74, 6) is 0.00530. The highest BCUT2D eigenvalue weighted by Gasteiger charge is 2.30. The van der Waals surface area contributed by atoms with Gasteiger partial charge in [0.2, 0.25) is 0 Å². The lowest BCUT2D eigenvalue weighted by Gasteiger charge is -2.43. The van der Waals surface area contributed by atoms with Gasteiger partial charge < -0.3 is 9.80 Å². The van der Waals surface area contributed by atoms with E-state index in [0.29, 0.717) is 11.7 Å². The fraction of sp³-hybridized carbons (Fsp3) is 0.450. The SMILES string of the molecule is O=C(c1cnccn1)N1CCC[C@H](N2CCN(c3ccccc3)CC2)C1. The fourth-order valence-corrected chi connectivity index (χ4v) is 3.99. The number of benzene rings is 1. The van der Waals surface area contributed by atoms with Crippen LogP contribution in [-0.2, 0) is 0 Å². The van der Waals surface area contributed by atoms with Crippen molar-refractivity contribution >= 4 is 11.6 Å². The molecule has 26 heavy (non-hydrogen) atoms. The smallest absolute Gasteiger partial charge is 0.274 e. The first-order valence-electron chi connectivity index (χ1n) is 9.40. The maximum absolute atomic E-state index is 12.7. The molecule has 0 aliphatic carbocycles. The Labute approximate surface area is 154 Å². The number of para-hydroxylation sites is 1. The van der Waals surface area contributed by atoms with Gasteiger partial charge in [0.1, 0.15) is 5.69 Å². The molecule has 2 fully saturated rings. The van der Waals surface area contributed by atoms with Crippen LogP contribution in [-0.4, -0.2) is 71.0 Å². The monoisotopic (exact) mass is 351 g/mol. The van der Waals surface area contributed by atoms with Gasteiger partial charge in [0.25, 0.3) is 5.91 Å². The van der Waals surface area contributed by atoms with Gasteiger partial charge in [0, 0.05) is 63.4 Å². The Kier molecular flexibility index (Phi) is 5.11. The van der Waals surface area contributed by atoms with Crippen LogP contribution in [0.2, 0.25) is 0 Å². The molecular weight excluding hydrogens is 326 g/mol. The first kappa shape index (κ1) is 17.0. The molecule has 0 radical (unpaired) electrons. The van der Waals surface area contributed by atoms with Crippen LogP contribution in [0.3, 0.4) is 0 Å². The number of aromatic nitrogens is 2. The second kappa shape index (κ2) is 7.83. The molecule has 1 amide bonds. The van der Waals surface area contributed by atoms with E-state index in [4.69, 9.17) is 0 Å². The van der Waals surface area contributed by atoms with Crippen LogP contribution < -0.4 is 4.90 Å². The van der Waals surface area contributed by atoms with E-state index in [-0.39, 0.29) is 5.91 Å². The molecule has 0 spiro atoms. The number of amides is 1. The number of anilines is 1.